The first-order valence-corrected chi connectivity index (χ1v) is 7.15. The summed E-state index contributed by atoms with van der Waals surface area (Å²) in [6, 6.07) is 3.98. The number of unbranched alkanes of at least 4 members (excludes halogenated alkanes) is 6. The van der Waals surface area contributed by atoms with Gasteiger partial charge in [0.05, 0.1) is 12.2 Å². The lowest BCUT2D eigenvalue weighted by Crippen LogP contribution is -2.00. The molecular weight excluding hydrogens is 243 g/mol. The maximum Gasteiger partial charge on any atom is 0.153 e. The van der Waals surface area contributed by atoms with Gasteiger partial charge in [0.1, 0.15) is 11.6 Å². The highest BCUT2D eigenvalue weighted by atomic mass is 19.1. The van der Waals surface area contributed by atoms with Crippen molar-refractivity contribution < 1.29 is 13.9 Å². The van der Waals surface area contributed by atoms with Crippen molar-refractivity contribution in [3.8, 4) is 5.75 Å². The summed E-state index contributed by atoms with van der Waals surface area (Å²) in [6.07, 6.45) is 9.12. The van der Waals surface area contributed by atoms with Crippen LogP contribution < -0.4 is 4.74 Å². The minimum Gasteiger partial charge on any atom is -0.493 e. The molecule has 1 aromatic carbocycles. The van der Waals surface area contributed by atoms with E-state index in [0.717, 1.165) is 12.8 Å². The van der Waals surface area contributed by atoms with Crippen LogP contribution in [0.15, 0.2) is 18.2 Å². The van der Waals surface area contributed by atoms with Gasteiger partial charge in [-0.15, -0.1) is 0 Å². The lowest BCUT2D eigenvalue weighted by atomic mass is 10.1. The largest absolute Gasteiger partial charge is 0.493 e. The zero-order valence-electron chi connectivity index (χ0n) is 11.7. The van der Waals surface area contributed by atoms with E-state index in [1.807, 2.05) is 0 Å². The van der Waals surface area contributed by atoms with Crippen molar-refractivity contribution >= 4 is 6.29 Å². The molecule has 0 amide bonds. The second-order valence-corrected chi connectivity index (χ2v) is 4.77. The topological polar surface area (TPSA) is 26.3 Å². The first-order valence-electron chi connectivity index (χ1n) is 7.15. The van der Waals surface area contributed by atoms with Crippen molar-refractivity contribution in [3.63, 3.8) is 0 Å². The lowest BCUT2D eigenvalue weighted by Gasteiger charge is -2.08. The van der Waals surface area contributed by atoms with Crippen molar-refractivity contribution in [3.05, 3.63) is 29.6 Å². The first-order chi connectivity index (χ1) is 9.27. The fraction of sp³-hybridized carbons (Fsp3) is 0.562. The molecule has 0 unspecified atom stereocenters. The third-order valence-corrected chi connectivity index (χ3v) is 3.11. The predicted octanol–water partition coefficient (Wildman–Crippen LogP) is 4.77. The van der Waals surface area contributed by atoms with E-state index in [1.165, 1.54) is 50.3 Å². The van der Waals surface area contributed by atoms with Gasteiger partial charge in [-0.3, -0.25) is 4.79 Å². The molecular formula is C16H23FO2. The molecule has 106 valence electrons. The van der Waals surface area contributed by atoms with Crippen LogP contribution in [0.4, 0.5) is 4.39 Å². The summed E-state index contributed by atoms with van der Waals surface area (Å²) in [6.45, 7) is 2.75. The molecule has 0 aliphatic heterocycles. The average molecular weight is 266 g/mol. The summed E-state index contributed by atoms with van der Waals surface area (Å²) in [4.78, 5) is 10.8. The van der Waals surface area contributed by atoms with E-state index in [1.54, 1.807) is 0 Å². The highest BCUT2D eigenvalue weighted by molar-refractivity contribution is 5.79. The normalized spacial score (nSPS) is 10.4. The van der Waals surface area contributed by atoms with E-state index < -0.39 is 0 Å². The third kappa shape index (κ3) is 6.37. The van der Waals surface area contributed by atoms with E-state index in [9.17, 15) is 9.18 Å². The molecule has 1 rings (SSSR count). The molecule has 1 aromatic rings. The number of carbonyl (C=O) groups is 1. The standard InChI is InChI=1S/C16H23FO2/c1-2-3-4-5-6-7-8-11-19-16-12-15(17)10-9-14(16)13-18/h9-10,12-13H,2-8,11H2,1H3. The molecule has 3 heteroatoms. The molecule has 0 saturated carbocycles. The zero-order chi connectivity index (χ0) is 13.9. The Kier molecular flexibility index (Phi) is 7.87. The quantitative estimate of drug-likeness (QED) is 0.450. The maximum atomic E-state index is 13.0. The van der Waals surface area contributed by atoms with E-state index in [4.69, 9.17) is 4.74 Å². The minimum atomic E-state index is -0.375. The van der Waals surface area contributed by atoms with E-state index in [2.05, 4.69) is 6.92 Å². The van der Waals surface area contributed by atoms with Crippen molar-refractivity contribution in [2.45, 2.75) is 51.9 Å². The van der Waals surface area contributed by atoms with Crippen LogP contribution in [0.25, 0.3) is 0 Å². The molecule has 0 saturated heterocycles. The molecule has 2 nitrogen and oxygen atoms in total. The number of ether oxygens (including phenoxy) is 1. The Labute approximate surface area is 115 Å². The van der Waals surface area contributed by atoms with Gasteiger partial charge in [-0.05, 0) is 18.6 Å². The van der Waals surface area contributed by atoms with Gasteiger partial charge >= 0.3 is 0 Å². The van der Waals surface area contributed by atoms with E-state index in [-0.39, 0.29) is 5.82 Å². The van der Waals surface area contributed by atoms with Gasteiger partial charge in [-0.1, -0.05) is 45.4 Å². The number of halogens is 1. The lowest BCUT2D eigenvalue weighted by molar-refractivity contribution is 0.111. The molecule has 0 heterocycles. The van der Waals surface area contributed by atoms with Crippen LogP contribution in [0.2, 0.25) is 0 Å². The monoisotopic (exact) mass is 266 g/mol. The van der Waals surface area contributed by atoms with Gasteiger partial charge in [-0.2, -0.15) is 0 Å². The molecule has 0 fully saturated rings. The fourth-order valence-corrected chi connectivity index (χ4v) is 1.97. The van der Waals surface area contributed by atoms with Gasteiger partial charge in [0, 0.05) is 6.07 Å². The van der Waals surface area contributed by atoms with Crippen LogP contribution in [0.3, 0.4) is 0 Å². The molecule has 0 aliphatic rings. The molecule has 0 aliphatic carbocycles. The highest BCUT2D eigenvalue weighted by Gasteiger charge is 2.04. The molecule has 0 aromatic heterocycles. The van der Waals surface area contributed by atoms with Crippen molar-refractivity contribution in [2.24, 2.45) is 0 Å². The fourth-order valence-electron chi connectivity index (χ4n) is 1.97. The molecule has 0 bridgehead atoms. The average Bonchev–Trinajstić information content (AvgIpc) is 2.42. The van der Waals surface area contributed by atoms with Gasteiger partial charge in [0.15, 0.2) is 6.29 Å². The van der Waals surface area contributed by atoms with Crippen LogP contribution >= 0.6 is 0 Å². The summed E-state index contributed by atoms with van der Waals surface area (Å²) in [5, 5.41) is 0. The third-order valence-electron chi connectivity index (χ3n) is 3.11. The molecule has 0 radical (unpaired) electrons. The van der Waals surface area contributed by atoms with Crippen molar-refractivity contribution in [2.75, 3.05) is 6.61 Å². The number of aldehydes is 1. The second kappa shape index (κ2) is 9.54. The van der Waals surface area contributed by atoms with E-state index in [0.29, 0.717) is 24.2 Å². The smallest absolute Gasteiger partial charge is 0.153 e. The van der Waals surface area contributed by atoms with Gasteiger partial charge in [0.2, 0.25) is 0 Å². The summed E-state index contributed by atoms with van der Waals surface area (Å²) in [7, 11) is 0. The van der Waals surface area contributed by atoms with Crippen molar-refractivity contribution in [1.82, 2.24) is 0 Å². The number of benzene rings is 1. The molecule has 0 N–H and O–H groups in total. The summed E-state index contributed by atoms with van der Waals surface area (Å²) in [5.41, 5.74) is 0.407. The van der Waals surface area contributed by atoms with Crippen LogP contribution in [-0.2, 0) is 0 Å². The SMILES string of the molecule is CCCCCCCCCOc1cc(F)ccc1C=O. The van der Waals surface area contributed by atoms with Crippen LogP contribution in [-0.4, -0.2) is 12.9 Å². The predicted molar refractivity (Wildman–Crippen MR) is 75.3 cm³/mol. The van der Waals surface area contributed by atoms with E-state index >= 15 is 0 Å². The minimum absolute atomic E-state index is 0.348. The number of hydrogen-bond donors (Lipinski definition) is 0. The Hall–Kier alpha value is -1.38. The maximum absolute atomic E-state index is 13.0. The molecule has 0 spiro atoms. The van der Waals surface area contributed by atoms with Gasteiger partial charge in [-0.25, -0.2) is 4.39 Å². The van der Waals surface area contributed by atoms with Crippen molar-refractivity contribution in [1.29, 1.82) is 0 Å². The Bertz CT molecular complexity index is 377. The van der Waals surface area contributed by atoms with Crippen LogP contribution in [0.5, 0.6) is 5.75 Å². The van der Waals surface area contributed by atoms with Gasteiger partial charge < -0.3 is 4.74 Å². The first kappa shape index (κ1) is 15.7. The van der Waals surface area contributed by atoms with Crippen LogP contribution in [0.1, 0.15) is 62.2 Å². The van der Waals surface area contributed by atoms with Crippen LogP contribution in [0, 0.1) is 5.82 Å². The number of rotatable bonds is 10. The Balaban J connectivity index is 2.18. The zero-order valence-corrected chi connectivity index (χ0v) is 11.7. The van der Waals surface area contributed by atoms with Gasteiger partial charge in [0.25, 0.3) is 0 Å². The second-order valence-electron chi connectivity index (χ2n) is 4.77. The Morgan fingerprint density at radius 1 is 1.11 bits per heavy atom. The molecule has 0 atom stereocenters. The Morgan fingerprint density at radius 2 is 1.79 bits per heavy atom. The number of carbonyl (C=O) groups excluding carboxylic acids is 1. The Morgan fingerprint density at radius 3 is 2.47 bits per heavy atom. The summed E-state index contributed by atoms with van der Waals surface area (Å²) >= 11 is 0. The summed E-state index contributed by atoms with van der Waals surface area (Å²) in [5.74, 6) is -0.0267. The number of hydrogen-bond acceptors (Lipinski definition) is 2. The highest BCUT2D eigenvalue weighted by Crippen LogP contribution is 2.18. The molecule has 19 heavy (non-hydrogen) atoms. The summed E-state index contributed by atoms with van der Waals surface area (Å²) < 4.78 is 18.5.